The van der Waals surface area contributed by atoms with E-state index >= 15 is 0 Å². The lowest BCUT2D eigenvalue weighted by Crippen LogP contribution is -2.55. The fourth-order valence-corrected chi connectivity index (χ4v) is 4.24. The predicted octanol–water partition coefficient (Wildman–Crippen LogP) is 3.36. The van der Waals surface area contributed by atoms with Crippen LogP contribution in [0.2, 0.25) is 5.02 Å². The average Bonchev–Trinajstić information content (AvgIpc) is 2.91. The lowest BCUT2D eigenvalue weighted by molar-refractivity contribution is -0.137. The third kappa shape index (κ3) is 3.84. The van der Waals surface area contributed by atoms with Gasteiger partial charge in [0.05, 0.1) is 5.92 Å². The number of amides is 1. The van der Waals surface area contributed by atoms with Gasteiger partial charge >= 0.3 is 0 Å². The normalized spacial score (nSPS) is 23.2. The number of hydrogen-bond acceptors (Lipinski definition) is 4. The second-order valence-corrected chi connectivity index (χ2v) is 7.85. The molecule has 1 aromatic carbocycles. The van der Waals surface area contributed by atoms with Gasteiger partial charge in [-0.15, -0.1) is 0 Å². The lowest BCUT2D eigenvalue weighted by Gasteiger charge is -2.41. The highest BCUT2D eigenvalue weighted by Crippen LogP contribution is 2.36. The molecule has 0 spiro atoms. The number of carbonyl (C=O) groups excluding carboxylic acids is 2. The van der Waals surface area contributed by atoms with Gasteiger partial charge in [-0.1, -0.05) is 31.0 Å². The maximum atomic E-state index is 13.3. The van der Waals surface area contributed by atoms with Crippen LogP contribution < -0.4 is 0 Å². The maximum absolute atomic E-state index is 13.3. The highest BCUT2D eigenvalue weighted by Gasteiger charge is 2.39. The lowest BCUT2D eigenvalue weighted by atomic mass is 9.96. The van der Waals surface area contributed by atoms with Crippen molar-refractivity contribution in [2.45, 2.75) is 44.6 Å². The molecule has 1 aliphatic heterocycles. The Morgan fingerprint density at radius 3 is 2.85 bits per heavy atom. The highest BCUT2D eigenvalue weighted by atomic mass is 35.5. The summed E-state index contributed by atoms with van der Waals surface area (Å²) >= 11 is 6.01. The Labute approximate surface area is 159 Å². The van der Waals surface area contributed by atoms with E-state index in [0.717, 1.165) is 31.5 Å². The minimum absolute atomic E-state index is 0.00625. The summed E-state index contributed by atoms with van der Waals surface area (Å²) in [6.45, 7) is 4.30. The van der Waals surface area contributed by atoms with Crippen LogP contribution in [-0.4, -0.2) is 59.9 Å². The summed E-state index contributed by atoms with van der Waals surface area (Å²) in [6, 6.07) is 5.24. The third-order valence-corrected chi connectivity index (χ3v) is 5.62. The predicted molar refractivity (Wildman–Crippen MR) is 103 cm³/mol. The van der Waals surface area contributed by atoms with E-state index < -0.39 is 5.92 Å². The number of Topliss-reactive ketones (excluding diaryl/α,β-unsaturated/α-hetero) is 1. The maximum Gasteiger partial charge on any atom is 0.230 e. The molecule has 1 fully saturated rings. The number of piperazine rings is 1. The summed E-state index contributed by atoms with van der Waals surface area (Å²) in [5.74, 6) is -0.409. The van der Waals surface area contributed by atoms with Gasteiger partial charge in [0.2, 0.25) is 5.91 Å². The second-order valence-electron chi connectivity index (χ2n) is 7.42. The van der Waals surface area contributed by atoms with Crippen LogP contribution >= 0.6 is 11.6 Å². The summed E-state index contributed by atoms with van der Waals surface area (Å²) in [6.07, 6.45) is 2.55. The van der Waals surface area contributed by atoms with Gasteiger partial charge < -0.3 is 15.2 Å². The number of hydrogen-bond donors (Lipinski definition) is 1. The largest absolute Gasteiger partial charge is 0.336 e. The number of nitrogens with one attached hydrogen (secondary N) is 1. The summed E-state index contributed by atoms with van der Waals surface area (Å²) in [4.78, 5) is 29.8. The van der Waals surface area contributed by atoms with Gasteiger partial charge in [0, 0.05) is 54.8 Å². The Kier molecular flexibility index (Phi) is 5.78. The molecule has 1 saturated heterocycles. The minimum atomic E-state index is -0.416. The molecule has 1 heterocycles. The molecule has 6 heteroatoms. The van der Waals surface area contributed by atoms with Crippen LogP contribution in [0.25, 0.3) is 0 Å². The number of ketones is 1. The molecule has 26 heavy (non-hydrogen) atoms. The van der Waals surface area contributed by atoms with Crippen LogP contribution in [0.5, 0.6) is 0 Å². The van der Waals surface area contributed by atoms with E-state index in [1.54, 1.807) is 12.1 Å². The number of nitrogens with zero attached hydrogens (tertiary/aromatic N) is 2. The molecule has 0 saturated carbocycles. The van der Waals surface area contributed by atoms with Crippen LogP contribution in [0.3, 0.4) is 0 Å². The molecule has 140 valence electrons. The molecule has 5 nitrogen and oxygen atoms in total. The van der Waals surface area contributed by atoms with Crippen molar-refractivity contribution in [3.8, 4) is 0 Å². The van der Waals surface area contributed by atoms with E-state index in [4.69, 9.17) is 17.0 Å². The van der Waals surface area contributed by atoms with Gasteiger partial charge in [0.1, 0.15) is 0 Å². The second kappa shape index (κ2) is 7.89. The van der Waals surface area contributed by atoms with Crippen molar-refractivity contribution in [1.29, 1.82) is 5.41 Å². The van der Waals surface area contributed by atoms with Crippen molar-refractivity contribution in [1.82, 2.24) is 9.80 Å². The Bertz CT molecular complexity index is 734. The van der Waals surface area contributed by atoms with E-state index in [-0.39, 0.29) is 24.2 Å². The first-order valence-corrected chi connectivity index (χ1v) is 9.66. The Hall–Kier alpha value is -1.72. The van der Waals surface area contributed by atoms with Gasteiger partial charge in [0.25, 0.3) is 0 Å². The molecular weight excluding hydrogens is 350 g/mol. The van der Waals surface area contributed by atoms with E-state index in [0.29, 0.717) is 29.3 Å². The number of carbonyl (C=O) groups is 2. The molecule has 1 aliphatic carbocycles. The van der Waals surface area contributed by atoms with E-state index in [2.05, 4.69) is 18.9 Å². The zero-order valence-electron chi connectivity index (χ0n) is 15.4. The number of rotatable bonds is 5. The van der Waals surface area contributed by atoms with Crippen LogP contribution in [0.1, 0.15) is 54.4 Å². The number of halogens is 1. The molecule has 1 amide bonds. The third-order valence-electron chi connectivity index (χ3n) is 5.38. The molecule has 0 aromatic heterocycles. The number of fused-ring (bicyclic) bond motifs is 1. The zero-order valence-corrected chi connectivity index (χ0v) is 16.2. The van der Waals surface area contributed by atoms with Crippen LogP contribution in [0.15, 0.2) is 18.2 Å². The SMILES string of the molecule is CCCC(=N)CC1CN(C)CCN1C(=O)C1CC(=O)c2cc(Cl)ccc21. The number of likely N-dealkylation sites (N-methyl/N-ethyl adjacent to an activating group) is 1. The molecule has 2 unspecified atom stereocenters. The zero-order chi connectivity index (χ0) is 18.8. The average molecular weight is 376 g/mol. The van der Waals surface area contributed by atoms with Crippen molar-refractivity contribution < 1.29 is 9.59 Å². The fraction of sp³-hybridized carbons (Fsp3) is 0.550. The Balaban J connectivity index is 1.81. The quantitative estimate of drug-likeness (QED) is 0.802. The molecule has 3 rings (SSSR count). The standard InChI is InChI=1S/C20H26ClN3O2/c1-3-4-14(22)10-15-12-23(2)7-8-24(15)20(26)18-11-19(25)17-9-13(21)5-6-16(17)18/h5-6,9,15,18,22H,3-4,7-8,10-12H2,1-2H3. The van der Waals surface area contributed by atoms with Crippen molar-refractivity contribution in [2.75, 3.05) is 26.7 Å². The van der Waals surface area contributed by atoms with Gasteiger partial charge in [-0.05, 0) is 31.2 Å². The number of benzene rings is 1. The van der Waals surface area contributed by atoms with E-state index in [9.17, 15) is 9.59 Å². The van der Waals surface area contributed by atoms with Crippen LogP contribution in [-0.2, 0) is 4.79 Å². The molecular formula is C20H26ClN3O2. The van der Waals surface area contributed by atoms with Crippen LogP contribution in [0, 0.1) is 5.41 Å². The Morgan fingerprint density at radius 2 is 2.12 bits per heavy atom. The summed E-state index contributed by atoms with van der Waals surface area (Å²) in [5, 5.41) is 8.70. The van der Waals surface area contributed by atoms with Crippen molar-refractivity contribution in [3.63, 3.8) is 0 Å². The van der Waals surface area contributed by atoms with E-state index in [1.165, 1.54) is 0 Å². The molecule has 0 radical (unpaired) electrons. The smallest absolute Gasteiger partial charge is 0.230 e. The van der Waals surface area contributed by atoms with E-state index in [1.807, 2.05) is 11.0 Å². The molecule has 2 atom stereocenters. The Morgan fingerprint density at radius 1 is 1.35 bits per heavy atom. The first-order chi connectivity index (χ1) is 12.4. The topological polar surface area (TPSA) is 64.5 Å². The van der Waals surface area contributed by atoms with Gasteiger partial charge in [-0.3, -0.25) is 9.59 Å². The van der Waals surface area contributed by atoms with Gasteiger partial charge in [0.15, 0.2) is 5.78 Å². The first-order valence-electron chi connectivity index (χ1n) is 9.28. The summed E-state index contributed by atoms with van der Waals surface area (Å²) in [5.41, 5.74) is 2.08. The minimum Gasteiger partial charge on any atom is -0.336 e. The molecule has 0 bridgehead atoms. The van der Waals surface area contributed by atoms with Gasteiger partial charge in [-0.2, -0.15) is 0 Å². The summed E-state index contributed by atoms with van der Waals surface area (Å²) < 4.78 is 0. The van der Waals surface area contributed by atoms with Crippen LogP contribution in [0.4, 0.5) is 0 Å². The van der Waals surface area contributed by atoms with Crippen molar-refractivity contribution >= 4 is 29.0 Å². The monoisotopic (exact) mass is 375 g/mol. The van der Waals surface area contributed by atoms with Gasteiger partial charge in [-0.25, -0.2) is 0 Å². The van der Waals surface area contributed by atoms with Crippen molar-refractivity contribution in [2.24, 2.45) is 0 Å². The highest BCUT2D eigenvalue weighted by molar-refractivity contribution is 6.31. The molecule has 2 aliphatic rings. The fourth-order valence-electron chi connectivity index (χ4n) is 4.06. The molecule has 1 aromatic rings. The molecule has 1 N–H and O–H groups in total. The summed E-state index contributed by atoms with van der Waals surface area (Å²) in [7, 11) is 2.05. The van der Waals surface area contributed by atoms with Crippen molar-refractivity contribution in [3.05, 3.63) is 34.3 Å². The first kappa shape index (κ1) is 19.1.